The van der Waals surface area contributed by atoms with E-state index in [4.69, 9.17) is 5.73 Å². The fourth-order valence-corrected chi connectivity index (χ4v) is 4.80. The molecule has 0 bridgehead atoms. The summed E-state index contributed by atoms with van der Waals surface area (Å²) in [6, 6.07) is 18.0. The van der Waals surface area contributed by atoms with Gasteiger partial charge >= 0.3 is 5.97 Å². The van der Waals surface area contributed by atoms with Crippen molar-refractivity contribution in [3.8, 4) is 16.9 Å². The molecule has 0 saturated carbocycles. The Morgan fingerprint density at radius 2 is 1.89 bits per heavy atom. The van der Waals surface area contributed by atoms with Crippen molar-refractivity contribution in [3.63, 3.8) is 0 Å². The molecule has 3 aromatic carbocycles. The van der Waals surface area contributed by atoms with Crippen molar-refractivity contribution >= 4 is 17.8 Å². The molecule has 1 aliphatic heterocycles. The molecule has 2 amide bonds. The molecule has 1 atom stereocenters. The molecule has 4 rings (SSSR count). The number of phenolic OH excluding ortho intramolecular Hbond substituents is 1. The molecule has 8 heteroatoms. The van der Waals surface area contributed by atoms with Crippen LogP contribution in [-0.2, 0) is 22.6 Å². The molecular weight excluding hydrogens is 470 g/mol. The van der Waals surface area contributed by atoms with E-state index in [0.717, 1.165) is 41.6 Å². The molecule has 1 fully saturated rings. The van der Waals surface area contributed by atoms with E-state index in [1.165, 1.54) is 19.2 Å². The summed E-state index contributed by atoms with van der Waals surface area (Å²) in [6.07, 6.45) is 1.70. The van der Waals surface area contributed by atoms with E-state index in [1.54, 1.807) is 18.2 Å². The Bertz CT molecular complexity index is 1340. The SMILES string of the molecule is COC(=O)c1ccc(CNC(=O)[C@H]2CCCN2Cc2cccc(-c3ccc(C(N)=O)cc3C)c2)cc1O. The van der Waals surface area contributed by atoms with Gasteiger partial charge in [0.2, 0.25) is 11.8 Å². The molecule has 0 aliphatic carbocycles. The predicted molar refractivity (Wildman–Crippen MR) is 140 cm³/mol. The minimum atomic E-state index is -0.614. The average molecular weight is 502 g/mol. The number of ether oxygens (including phenoxy) is 1. The highest BCUT2D eigenvalue weighted by Gasteiger charge is 2.30. The van der Waals surface area contributed by atoms with Gasteiger partial charge in [0.15, 0.2) is 0 Å². The summed E-state index contributed by atoms with van der Waals surface area (Å²) in [5, 5.41) is 13.1. The Kier molecular flexibility index (Phi) is 7.89. The molecule has 4 N–H and O–H groups in total. The highest BCUT2D eigenvalue weighted by Crippen LogP contribution is 2.27. The Morgan fingerprint density at radius 1 is 1.08 bits per heavy atom. The quantitative estimate of drug-likeness (QED) is 0.406. The number of nitrogens with zero attached hydrogens (tertiary/aromatic N) is 1. The van der Waals surface area contributed by atoms with Crippen molar-refractivity contribution in [1.29, 1.82) is 0 Å². The van der Waals surface area contributed by atoms with Crippen LogP contribution in [0.15, 0.2) is 60.7 Å². The molecule has 1 aliphatic rings. The summed E-state index contributed by atoms with van der Waals surface area (Å²) in [4.78, 5) is 38.3. The van der Waals surface area contributed by atoms with Crippen LogP contribution in [0.2, 0.25) is 0 Å². The highest BCUT2D eigenvalue weighted by atomic mass is 16.5. The van der Waals surface area contributed by atoms with Crippen LogP contribution in [0.4, 0.5) is 0 Å². The summed E-state index contributed by atoms with van der Waals surface area (Å²) in [7, 11) is 1.25. The van der Waals surface area contributed by atoms with Crippen molar-refractivity contribution in [3.05, 3.63) is 88.5 Å². The van der Waals surface area contributed by atoms with E-state index in [2.05, 4.69) is 27.1 Å². The first-order chi connectivity index (χ1) is 17.8. The zero-order valence-corrected chi connectivity index (χ0v) is 21.0. The van der Waals surface area contributed by atoms with Gasteiger partial charge in [-0.2, -0.15) is 0 Å². The first-order valence-electron chi connectivity index (χ1n) is 12.2. The molecule has 0 radical (unpaired) electrons. The van der Waals surface area contributed by atoms with Gasteiger partial charge in [-0.25, -0.2) is 4.79 Å². The summed E-state index contributed by atoms with van der Waals surface area (Å²) in [5.41, 5.74) is 10.8. The number of rotatable bonds is 8. The number of carbonyl (C=O) groups excluding carboxylic acids is 3. The Hall–Kier alpha value is -4.17. The molecule has 8 nitrogen and oxygen atoms in total. The highest BCUT2D eigenvalue weighted by molar-refractivity contribution is 5.94. The van der Waals surface area contributed by atoms with Gasteiger partial charge in [-0.3, -0.25) is 14.5 Å². The number of esters is 1. The van der Waals surface area contributed by atoms with Gasteiger partial charge < -0.3 is 20.9 Å². The van der Waals surface area contributed by atoms with Gasteiger partial charge in [0.1, 0.15) is 11.3 Å². The molecule has 1 saturated heterocycles. The Morgan fingerprint density at radius 3 is 2.59 bits per heavy atom. The van der Waals surface area contributed by atoms with Crippen molar-refractivity contribution in [2.45, 2.75) is 38.9 Å². The van der Waals surface area contributed by atoms with Crippen LogP contribution < -0.4 is 11.1 Å². The van der Waals surface area contributed by atoms with Crippen molar-refractivity contribution in [2.24, 2.45) is 5.73 Å². The van der Waals surface area contributed by atoms with Gasteiger partial charge in [0, 0.05) is 18.7 Å². The number of phenols is 1. The monoisotopic (exact) mass is 501 g/mol. The number of primary amides is 1. The minimum absolute atomic E-state index is 0.0666. The lowest BCUT2D eigenvalue weighted by molar-refractivity contribution is -0.125. The van der Waals surface area contributed by atoms with E-state index in [1.807, 2.05) is 25.1 Å². The topological polar surface area (TPSA) is 122 Å². The first-order valence-corrected chi connectivity index (χ1v) is 12.2. The number of aryl methyl sites for hydroxylation is 1. The number of nitrogens with one attached hydrogen (secondary N) is 1. The standard InChI is InChI=1S/C29H31N3O5/c1-18-13-22(27(30)34)9-11-23(18)21-6-3-5-20(14-21)17-32-12-4-7-25(32)28(35)31-16-19-8-10-24(26(33)15-19)29(36)37-2/h3,5-6,8-11,13-15,25,33H,4,7,12,16-17H2,1-2H3,(H2,30,34)(H,31,35)/t25-/m1/s1. The predicted octanol–water partition coefficient (Wildman–Crippen LogP) is 3.53. The van der Waals surface area contributed by atoms with E-state index in [9.17, 15) is 19.5 Å². The lowest BCUT2D eigenvalue weighted by Gasteiger charge is -2.24. The van der Waals surface area contributed by atoms with Gasteiger partial charge in [0.25, 0.3) is 0 Å². The number of benzene rings is 3. The molecule has 37 heavy (non-hydrogen) atoms. The number of hydrogen-bond acceptors (Lipinski definition) is 6. The number of amides is 2. The summed E-state index contributed by atoms with van der Waals surface area (Å²) in [6.45, 7) is 3.66. The maximum atomic E-state index is 13.0. The second kappa shape index (κ2) is 11.3. The summed E-state index contributed by atoms with van der Waals surface area (Å²) in [5.74, 6) is -1.31. The van der Waals surface area contributed by atoms with Crippen molar-refractivity contribution < 1.29 is 24.2 Å². The minimum Gasteiger partial charge on any atom is -0.507 e. The number of carbonyl (C=O) groups is 3. The maximum Gasteiger partial charge on any atom is 0.341 e. The second-order valence-corrected chi connectivity index (χ2v) is 9.28. The molecule has 3 aromatic rings. The third kappa shape index (κ3) is 5.98. The zero-order valence-electron chi connectivity index (χ0n) is 21.0. The fourth-order valence-electron chi connectivity index (χ4n) is 4.80. The molecule has 1 heterocycles. The van der Waals surface area contributed by atoms with Crippen LogP contribution in [0.5, 0.6) is 5.75 Å². The molecule has 0 unspecified atom stereocenters. The van der Waals surface area contributed by atoms with E-state index in [0.29, 0.717) is 17.7 Å². The number of likely N-dealkylation sites (tertiary alicyclic amines) is 1. The number of aromatic hydroxyl groups is 1. The fraction of sp³-hybridized carbons (Fsp3) is 0.276. The van der Waals surface area contributed by atoms with Crippen LogP contribution >= 0.6 is 0 Å². The van der Waals surface area contributed by atoms with Crippen LogP contribution in [-0.4, -0.2) is 47.5 Å². The number of nitrogens with two attached hydrogens (primary N) is 1. The normalized spacial score (nSPS) is 15.4. The van der Waals surface area contributed by atoms with Gasteiger partial charge in [-0.05, 0) is 84.5 Å². The number of hydrogen-bond donors (Lipinski definition) is 3. The smallest absolute Gasteiger partial charge is 0.341 e. The lowest BCUT2D eigenvalue weighted by Crippen LogP contribution is -2.42. The summed E-state index contributed by atoms with van der Waals surface area (Å²) >= 11 is 0. The lowest BCUT2D eigenvalue weighted by atomic mass is 9.97. The van der Waals surface area contributed by atoms with Gasteiger partial charge in [0.05, 0.1) is 13.2 Å². The van der Waals surface area contributed by atoms with Crippen LogP contribution in [0, 0.1) is 6.92 Å². The zero-order chi connectivity index (χ0) is 26.5. The summed E-state index contributed by atoms with van der Waals surface area (Å²) < 4.78 is 4.64. The van der Waals surface area contributed by atoms with Crippen LogP contribution in [0.3, 0.4) is 0 Å². The number of methoxy groups -OCH3 is 1. The average Bonchev–Trinajstić information content (AvgIpc) is 3.35. The molecule has 192 valence electrons. The van der Waals surface area contributed by atoms with E-state index < -0.39 is 11.9 Å². The van der Waals surface area contributed by atoms with E-state index in [-0.39, 0.29) is 29.8 Å². The first kappa shape index (κ1) is 25.9. The third-order valence-electron chi connectivity index (χ3n) is 6.74. The Labute approximate surface area is 216 Å². The molecule has 0 spiro atoms. The van der Waals surface area contributed by atoms with Crippen LogP contribution in [0.25, 0.3) is 11.1 Å². The van der Waals surface area contributed by atoms with Crippen molar-refractivity contribution in [1.82, 2.24) is 10.2 Å². The molecule has 0 aromatic heterocycles. The second-order valence-electron chi connectivity index (χ2n) is 9.28. The third-order valence-corrected chi connectivity index (χ3v) is 6.74. The van der Waals surface area contributed by atoms with Crippen LogP contribution in [0.1, 0.15) is 50.2 Å². The largest absolute Gasteiger partial charge is 0.507 e. The molecular formula is C29H31N3O5. The van der Waals surface area contributed by atoms with Gasteiger partial charge in [-0.15, -0.1) is 0 Å². The van der Waals surface area contributed by atoms with Crippen molar-refractivity contribution in [2.75, 3.05) is 13.7 Å². The Balaban J connectivity index is 1.41. The van der Waals surface area contributed by atoms with E-state index >= 15 is 0 Å². The van der Waals surface area contributed by atoms with Gasteiger partial charge in [-0.1, -0.05) is 30.3 Å². The maximum absolute atomic E-state index is 13.0.